The van der Waals surface area contributed by atoms with Crippen LogP contribution in [0.5, 0.6) is 0 Å². The molecule has 24 heavy (non-hydrogen) atoms. The third kappa shape index (κ3) is 2.58. The number of benzene rings is 1. The molecule has 2 aromatic heterocycles. The number of rotatable bonds is 4. The van der Waals surface area contributed by atoms with Gasteiger partial charge in [-0.3, -0.25) is 4.99 Å². The maximum atomic E-state index is 13.4. The van der Waals surface area contributed by atoms with Crippen LogP contribution in [0.4, 0.5) is 10.1 Å². The molecule has 122 valence electrons. The normalized spacial score (nSPS) is 11.7. The van der Waals surface area contributed by atoms with Crippen LogP contribution in [0.2, 0.25) is 0 Å². The van der Waals surface area contributed by atoms with Crippen molar-refractivity contribution in [3.63, 3.8) is 0 Å². The molecule has 0 bridgehead atoms. The summed E-state index contributed by atoms with van der Waals surface area (Å²) in [6.45, 7) is 0. The summed E-state index contributed by atoms with van der Waals surface area (Å²) in [5.74, 6) is -1.47. The monoisotopic (exact) mass is 327 g/mol. The number of anilines is 1. The summed E-state index contributed by atoms with van der Waals surface area (Å²) in [6, 6.07) is 4.27. The molecule has 0 saturated carbocycles. The third-order valence-electron chi connectivity index (χ3n) is 3.58. The van der Waals surface area contributed by atoms with Gasteiger partial charge in [0.05, 0.1) is 11.9 Å². The summed E-state index contributed by atoms with van der Waals surface area (Å²) < 4.78 is 13.4. The number of halogens is 1. The van der Waals surface area contributed by atoms with E-state index in [0.29, 0.717) is 28.3 Å². The maximum Gasteiger partial charge on any atom is 0.339 e. The van der Waals surface area contributed by atoms with Gasteiger partial charge in [0, 0.05) is 31.5 Å². The van der Waals surface area contributed by atoms with Crippen LogP contribution in [-0.4, -0.2) is 45.8 Å². The standard InChI is InChI=1S/C16H14FN5O2/c1-18-11-5-8(17)3-4-9(11)13(19-2)12-7-21-15-14(22-12)10(6-20-15)16(23)24/h3-7,18H,1-2H3,(H,20,21)(H,23,24). The Morgan fingerprint density at radius 2 is 2.17 bits per heavy atom. The summed E-state index contributed by atoms with van der Waals surface area (Å²) in [5, 5.41) is 12.1. The van der Waals surface area contributed by atoms with Gasteiger partial charge in [-0.2, -0.15) is 0 Å². The van der Waals surface area contributed by atoms with Gasteiger partial charge in [-0.25, -0.2) is 19.2 Å². The smallest absolute Gasteiger partial charge is 0.339 e. The van der Waals surface area contributed by atoms with Crippen molar-refractivity contribution >= 4 is 28.5 Å². The van der Waals surface area contributed by atoms with Gasteiger partial charge in [0.1, 0.15) is 22.6 Å². The molecule has 0 aliphatic carbocycles. The molecular weight excluding hydrogens is 313 g/mol. The number of carbonyl (C=O) groups is 1. The number of carboxylic acids is 1. The number of aliphatic imine (C=N–C) groups is 1. The van der Waals surface area contributed by atoms with Gasteiger partial charge in [-0.05, 0) is 18.2 Å². The molecule has 0 spiro atoms. The highest BCUT2D eigenvalue weighted by Crippen LogP contribution is 2.22. The highest BCUT2D eigenvalue weighted by atomic mass is 19.1. The van der Waals surface area contributed by atoms with Crippen LogP contribution in [0.25, 0.3) is 11.2 Å². The molecule has 0 aliphatic rings. The summed E-state index contributed by atoms with van der Waals surface area (Å²) >= 11 is 0. The summed E-state index contributed by atoms with van der Waals surface area (Å²) in [4.78, 5) is 26.8. The molecule has 2 heterocycles. The molecule has 0 atom stereocenters. The fourth-order valence-electron chi connectivity index (χ4n) is 2.47. The van der Waals surface area contributed by atoms with E-state index in [-0.39, 0.29) is 16.9 Å². The van der Waals surface area contributed by atoms with Crippen molar-refractivity contribution in [2.24, 2.45) is 4.99 Å². The highest BCUT2D eigenvalue weighted by Gasteiger charge is 2.17. The molecule has 3 rings (SSSR count). The Labute approximate surface area is 136 Å². The Kier molecular flexibility index (Phi) is 3.95. The van der Waals surface area contributed by atoms with E-state index in [4.69, 9.17) is 0 Å². The first-order valence-electron chi connectivity index (χ1n) is 7.07. The van der Waals surface area contributed by atoms with Gasteiger partial charge in [-0.1, -0.05) is 0 Å². The van der Waals surface area contributed by atoms with E-state index in [2.05, 4.69) is 25.3 Å². The van der Waals surface area contributed by atoms with E-state index in [1.165, 1.54) is 24.5 Å². The van der Waals surface area contributed by atoms with Crippen molar-refractivity contribution in [2.45, 2.75) is 0 Å². The van der Waals surface area contributed by atoms with Crippen LogP contribution in [0.15, 0.2) is 35.6 Å². The Bertz CT molecular complexity index is 964. The number of hydrogen-bond donors (Lipinski definition) is 3. The van der Waals surface area contributed by atoms with Crippen molar-refractivity contribution in [1.29, 1.82) is 0 Å². The zero-order chi connectivity index (χ0) is 17.3. The van der Waals surface area contributed by atoms with Crippen LogP contribution >= 0.6 is 0 Å². The number of nitrogens with one attached hydrogen (secondary N) is 2. The maximum absolute atomic E-state index is 13.4. The molecule has 0 radical (unpaired) electrons. The fourth-order valence-corrected chi connectivity index (χ4v) is 2.47. The van der Waals surface area contributed by atoms with E-state index in [1.54, 1.807) is 20.2 Å². The Morgan fingerprint density at radius 1 is 1.38 bits per heavy atom. The number of aromatic carboxylic acids is 1. The van der Waals surface area contributed by atoms with Gasteiger partial charge < -0.3 is 15.4 Å². The summed E-state index contributed by atoms with van der Waals surface area (Å²) in [7, 11) is 3.26. The molecule has 0 amide bonds. The van der Waals surface area contributed by atoms with Crippen molar-refractivity contribution in [1.82, 2.24) is 15.0 Å². The molecule has 1 aromatic carbocycles. The first kappa shape index (κ1) is 15.6. The Balaban J connectivity index is 2.17. The minimum Gasteiger partial charge on any atom is -0.478 e. The van der Waals surface area contributed by atoms with Crippen LogP contribution in [0.1, 0.15) is 21.6 Å². The van der Waals surface area contributed by atoms with Crippen LogP contribution in [-0.2, 0) is 0 Å². The van der Waals surface area contributed by atoms with Gasteiger partial charge in [0.2, 0.25) is 0 Å². The molecule has 0 unspecified atom stereocenters. The van der Waals surface area contributed by atoms with Crippen molar-refractivity contribution in [3.8, 4) is 0 Å². The van der Waals surface area contributed by atoms with Crippen molar-refractivity contribution in [2.75, 3.05) is 19.4 Å². The third-order valence-corrected chi connectivity index (χ3v) is 3.58. The molecular formula is C16H14FN5O2. The average molecular weight is 327 g/mol. The van der Waals surface area contributed by atoms with Crippen molar-refractivity contribution < 1.29 is 14.3 Å². The zero-order valence-corrected chi connectivity index (χ0v) is 13.0. The zero-order valence-electron chi connectivity index (χ0n) is 13.0. The van der Waals surface area contributed by atoms with E-state index in [0.717, 1.165) is 0 Å². The quantitative estimate of drug-likeness (QED) is 0.638. The summed E-state index contributed by atoms with van der Waals surface area (Å²) in [5.41, 5.74) is 2.71. The van der Waals surface area contributed by atoms with Gasteiger partial charge in [0.15, 0.2) is 5.65 Å². The number of carboxylic acid groups (broad SMARTS) is 1. The lowest BCUT2D eigenvalue weighted by Crippen LogP contribution is -2.10. The fraction of sp³-hybridized carbons (Fsp3) is 0.125. The second kappa shape index (κ2) is 6.07. The Hall–Kier alpha value is -3.29. The Morgan fingerprint density at radius 3 is 2.83 bits per heavy atom. The molecule has 7 nitrogen and oxygen atoms in total. The molecule has 3 N–H and O–H groups in total. The van der Waals surface area contributed by atoms with Crippen molar-refractivity contribution in [3.05, 3.63) is 53.2 Å². The molecule has 8 heteroatoms. The summed E-state index contributed by atoms with van der Waals surface area (Å²) in [6.07, 6.45) is 2.84. The van der Waals surface area contributed by atoms with E-state index < -0.39 is 5.97 Å². The first-order chi connectivity index (χ1) is 11.5. The second-order valence-electron chi connectivity index (χ2n) is 4.97. The SMILES string of the molecule is CN=C(c1cnc2[nH]cc(C(=O)O)c2n1)c1ccc(F)cc1NC. The predicted octanol–water partition coefficient (Wildman–Crippen LogP) is 2.30. The lowest BCUT2D eigenvalue weighted by molar-refractivity contribution is 0.0699. The van der Waals surface area contributed by atoms with E-state index >= 15 is 0 Å². The molecule has 0 aliphatic heterocycles. The van der Waals surface area contributed by atoms with Gasteiger partial charge in [-0.15, -0.1) is 0 Å². The number of fused-ring (bicyclic) bond motifs is 1. The predicted molar refractivity (Wildman–Crippen MR) is 88.4 cm³/mol. The average Bonchev–Trinajstić information content (AvgIpc) is 3.00. The van der Waals surface area contributed by atoms with E-state index in [1.807, 2.05) is 0 Å². The van der Waals surface area contributed by atoms with Crippen LogP contribution in [0.3, 0.4) is 0 Å². The largest absolute Gasteiger partial charge is 0.478 e. The first-order valence-corrected chi connectivity index (χ1v) is 7.07. The molecule has 0 saturated heterocycles. The van der Waals surface area contributed by atoms with Crippen LogP contribution in [0, 0.1) is 5.82 Å². The van der Waals surface area contributed by atoms with Gasteiger partial charge >= 0.3 is 5.97 Å². The highest BCUT2D eigenvalue weighted by molar-refractivity contribution is 6.15. The van der Waals surface area contributed by atoms with Gasteiger partial charge in [0.25, 0.3) is 0 Å². The molecule has 3 aromatic rings. The minimum atomic E-state index is -1.10. The number of hydrogen-bond acceptors (Lipinski definition) is 5. The number of H-pyrrole nitrogens is 1. The molecule has 0 fully saturated rings. The topological polar surface area (TPSA) is 103 Å². The lowest BCUT2D eigenvalue weighted by Gasteiger charge is -2.11. The second-order valence-corrected chi connectivity index (χ2v) is 4.97. The number of nitrogens with zero attached hydrogens (tertiary/aromatic N) is 3. The number of aromatic nitrogens is 3. The lowest BCUT2D eigenvalue weighted by atomic mass is 10.0. The minimum absolute atomic E-state index is 0.0303. The number of aromatic amines is 1. The van der Waals surface area contributed by atoms with Crippen LogP contribution < -0.4 is 5.32 Å². The van der Waals surface area contributed by atoms with E-state index in [9.17, 15) is 14.3 Å².